The van der Waals surface area contributed by atoms with Crippen molar-refractivity contribution in [2.45, 2.75) is 45.1 Å². The van der Waals surface area contributed by atoms with Gasteiger partial charge in [0.15, 0.2) is 0 Å². The van der Waals surface area contributed by atoms with Gasteiger partial charge in [-0.25, -0.2) is 0 Å². The number of hydrogen-bond acceptors (Lipinski definition) is 6. The maximum absolute atomic E-state index is 12.8. The second kappa shape index (κ2) is 8.18. The maximum Gasteiger partial charge on any atom is 0.310 e. The molecular formula is C25H33N3O4. The highest BCUT2D eigenvalue weighted by Gasteiger charge is 2.55. The van der Waals surface area contributed by atoms with Gasteiger partial charge in [-0.15, -0.1) is 0 Å². The average molecular weight is 440 g/mol. The van der Waals surface area contributed by atoms with Crippen LogP contribution in [0.3, 0.4) is 0 Å². The number of carbonyl (C=O) groups excluding carboxylic acids is 1. The van der Waals surface area contributed by atoms with Crippen LogP contribution in [0.5, 0.6) is 0 Å². The normalized spacial score (nSPS) is 35.2. The number of nitrogens with zero attached hydrogens (tertiary/aromatic N) is 3. The largest absolute Gasteiger partial charge is 0.462 e. The van der Waals surface area contributed by atoms with Gasteiger partial charge in [0.05, 0.1) is 10.8 Å². The van der Waals surface area contributed by atoms with Gasteiger partial charge in [0.1, 0.15) is 6.10 Å². The van der Waals surface area contributed by atoms with Gasteiger partial charge in [-0.05, 0) is 55.6 Å². The minimum absolute atomic E-state index is 0.00865. The Labute approximate surface area is 189 Å². The minimum Gasteiger partial charge on any atom is -0.462 e. The molecule has 172 valence electrons. The number of benzene rings is 1. The molecule has 0 bridgehead atoms. The van der Waals surface area contributed by atoms with Crippen LogP contribution < -0.4 is 4.90 Å². The fourth-order valence-electron chi connectivity index (χ4n) is 6.72. The third-order valence-electron chi connectivity index (χ3n) is 8.57. The fraction of sp³-hybridized carbons (Fsp3) is 0.640. The van der Waals surface area contributed by atoms with Crippen LogP contribution in [0.15, 0.2) is 36.4 Å². The van der Waals surface area contributed by atoms with E-state index in [1.807, 2.05) is 12.1 Å². The Balaban J connectivity index is 1.20. The Morgan fingerprint density at radius 1 is 1.22 bits per heavy atom. The smallest absolute Gasteiger partial charge is 0.310 e. The number of allylic oxidation sites excluding steroid dienone is 1. The lowest BCUT2D eigenvalue weighted by atomic mass is 9.55. The highest BCUT2D eigenvalue weighted by molar-refractivity contribution is 5.75. The summed E-state index contributed by atoms with van der Waals surface area (Å²) >= 11 is 0. The molecule has 7 nitrogen and oxygen atoms in total. The Morgan fingerprint density at radius 3 is 2.62 bits per heavy atom. The lowest BCUT2D eigenvalue weighted by molar-refractivity contribution is -0.384. The van der Waals surface area contributed by atoms with E-state index < -0.39 is 0 Å². The van der Waals surface area contributed by atoms with Crippen molar-refractivity contribution in [2.75, 3.05) is 37.6 Å². The third-order valence-corrected chi connectivity index (χ3v) is 8.57. The van der Waals surface area contributed by atoms with Gasteiger partial charge in [-0.1, -0.05) is 19.1 Å². The summed E-state index contributed by atoms with van der Waals surface area (Å²) in [5.74, 6) is 0.785. The van der Waals surface area contributed by atoms with Crippen LogP contribution in [0.25, 0.3) is 0 Å². The zero-order valence-corrected chi connectivity index (χ0v) is 18.9. The van der Waals surface area contributed by atoms with Crippen molar-refractivity contribution in [3.05, 3.63) is 46.5 Å². The lowest BCUT2D eigenvalue weighted by Gasteiger charge is -2.50. The molecule has 5 atom stereocenters. The Morgan fingerprint density at radius 2 is 1.94 bits per heavy atom. The summed E-state index contributed by atoms with van der Waals surface area (Å²) in [7, 11) is 0. The molecule has 0 spiro atoms. The number of hydrogen-bond donors (Lipinski definition) is 0. The highest BCUT2D eigenvalue weighted by atomic mass is 16.6. The SMILES string of the molecule is C=C1CCC[C@]2(C)C[C@H]3OC(=O)[C@@H](CN4CCN(c5ccc([N+](=O)[O-])cc5)CC4)[C@H]3C[C@H]12. The predicted octanol–water partition coefficient (Wildman–Crippen LogP) is 4.03. The van der Waals surface area contributed by atoms with E-state index in [0.29, 0.717) is 11.8 Å². The first-order valence-corrected chi connectivity index (χ1v) is 11.9. The third kappa shape index (κ3) is 3.81. The summed E-state index contributed by atoms with van der Waals surface area (Å²) < 4.78 is 5.93. The molecule has 2 aliphatic heterocycles. The number of non-ortho nitro benzene ring substituents is 1. The van der Waals surface area contributed by atoms with Crippen molar-refractivity contribution >= 4 is 17.3 Å². The molecule has 2 saturated heterocycles. The molecule has 4 aliphatic rings. The molecule has 1 aromatic rings. The molecule has 0 amide bonds. The second-order valence-corrected chi connectivity index (χ2v) is 10.5. The molecule has 0 N–H and O–H groups in total. The van der Waals surface area contributed by atoms with Gasteiger partial charge in [0, 0.05) is 56.5 Å². The summed E-state index contributed by atoms with van der Waals surface area (Å²) in [6.07, 6.45) is 5.64. The summed E-state index contributed by atoms with van der Waals surface area (Å²) in [6, 6.07) is 6.77. The van der Waals surface area contributed by atoms with Crippen LogP contribution in [-0.2, 0) is 9.53 Å². The molecular weight excluding hydrogens is 406 g/mol. The summed E-state index contributed by atoms with van der Waals surface area (Å²) in [5.41, 5.74) is 2.75. The predicted molar refractivity (Wildman–Crippen MR) is 122 cm³/mol. The highest BCUT2D eigenvalue weighted by Crippen LogP contribution is 2.56. The Kier molecular flexibility index (Phi) is 5.48. The number of nitro groups is 1. The summed E-state index contributed by atoms with van der Waals surface area (Å²) in [5, 5.41) is 10.9. The van der Waals surface area contributed by atoms with E-state index >= 15 is 0 Å². The molecule has 0 aromatic heterocycles. The Bertz CT molecular complexity index is 908. The van der Waals surface area contributed by atoms with Crippen molar-refractivity contribution in [1.29, 1.82) is 0 Å². The van der Waals surface area contributed by atoms with Gasteiger partial charge < -0.3 is 9.64 Å². The van der Waals surface area contributed by atoms with Crippen LogP contribution in [-0.4, -0.2) is 54.6 Å². The monoisotopic (exact) mass is 439 g/mol. The van der Waals surface area contributed by atoms with Crippen LogP contribution in [0.1, 0.15) is 39.0 Å². The molecule has 2 saturated carbocycles. The lowest BCUT2D eigenvalue weighted by Crippen LogP contribution is -2.50. The first-order chi connectivity index (χ1) is 15.3. The van der Waals surface area contributed by atoms with Gasteiger partial charge >= 0.3 is 5.97 Å². The quantitative estimate of drug-likeness (QED) is 0.305. The van der Waals surface area contributed by atoms with Crippen LogP contribution >= 0.6 is 0 Å². The van der Waals surface area contributed by atoms with E-state index in [1.165, 1.54) is 18.4 Å². The van der Waals surface area contributed by atoms with Crippen LogP contribution in [0.4, 0.5) is 11.4 Å². The van der Waals surface area contributed by atoms with Crippen molar-refractivity contribution in [3.8, 4) is 0 Å². The van der Waals surface area contributed by atoms with E-state index in [1.54, 1.807) is 12.1 Å². The van der Waals surface area contributed by atoms with E-state index in [0.717, 1.165) is 57.7 Å². The van der Waals surface area contributed by atoms with E-state index in [9.17, 15) is 14.9 Å². The summed E-state index contributed by atoms with van der Waals surface area (Å²) in [6.45, 7) is 11.0. The molecule has 1 aromatic carbocycles. The van der Waals surface area contributed by atoms with Crippen molar-refractivity contribution < 1.29 is 14.5 Å². The standard InChI is InChI=1S/C25H33N3O4/c1-17-4-3-9-25(2)15-23-20(14-22(17)25)21(24(29)32-23)16-26-10-12-27(13-11-26)18-5-7-19(8-6-18)28(30)31/h5-8,20-23H,1,3-4,9-16H2,2H3/t20-,21+,22-,23-,25-/m1/s1. The number of anilines is 1. The molecule has 7 heteroatoms. The van der Waals surface area contributed by atoms with Crippen LogP contribution in [0, 0.1) is 33.3 Å². The number of esters is 1. The summed E-state index contributed by atoms with van der Waals surface area (Å²) in [4.78, 5) is 28.0. The zero-order valence-electron chi connectivity index (χ0n) is 18.9. The van der Waals surface area contributed by atoms with Gasteiger partial charge in [0.2, 0.25) is 0 Å². The molecule has 5 rings (SSSR count). The fourth-order valence-corrected chi connectivity index (χ4v) is 6.72. The number of rotatable bonds is 4. The number of fused-ring (bicyclic) bond motifs is 2. The minimum atomic E-state index is -0.369. The van der Waals surface area contributed by atoms with Crippen molar-refractivity contribution in [2.24, 2.45) is 23.2 Å². The molecule has 0 radical (unpaired) electrons. The molecule has 32 heavy (non-hydrogen) atoms. The van der Waals surface area contributed by atoms with Gasteiger partial charge in [-0.3, -0.25) is 19.8 Å². The molecule has 4 fully saturated rings. The first kappa shape index (κ1) is 21.4. The van der Waals surface area contributed by atoms with E-state index in [-0.39, 0.29) is 34.0 Å². The van der Waals surface area contributed by atoms with E-state index in [4.69, 9.17) is 4.74 Å². The van der Waals surface area contributed by atoms with Gasteiger partial charge in [0.25, 0.3) is 5.69 Å². The van der Waals surface area contributed by atoms with Gasteiger partial charge in [-0.2, -0.15) is 0 Å². The average Bonchev–Trinajstić information content (AvgIpc) is 3.06. The Hall–Kier alpha value is -2.41. The number of piperazine rings is 1. The topological polar surface area (TPSA) is 75.9 Å². The number of nitro benzene ring substituents is 1. The zero-order chi connectivity index (χ0) is 22.5. The molecule has 2 heterocycles. The number of carbonyl (C=O) groups is 1. The van der Waals surface area contributed by atoms with Crippen molar-refractivity contribution in [1.82, 2.24) is 4.90 Å². The van der Waals surface area contributed by atoms with Crippen molar-refractivity contribution in [3.63, 3.8) is 0 Å². The maximum atomic E-state index is 12.8. The number of ether oxygens (including phenoxy) is 1. The van der Waals surface area contributed by atoms with E-state index in [2.05, 4.69) is 23.3 Å². The second-order valence-electron chi connectivity index (χ2n) is 10.5. The molecule has 2 aliphatic carbocycles. The first-order valence-electron chi connectivity index (χ1n) is 11.9. The molecule has 0 unspecified atom stereocenters. The van der Waals surface area contributed by atoms with Crippen LogP contribution in [0.2, 0.25) is 0 Å².